The van der Waals surface area contributed by atoms with Crippen molar-refractivity contribution in [3.8, 4) is 16.9 Å². The fourth-order valence-corrected chi connectivity index (χ4v) is 2.60. The number of hydrogen-bond acceptors (Lipinski definition) is 2. The number of aromatic hydroxyl groups is 1. The van der Waals surface area contributed by atoms with Crippen LogP contribution in [-0.4, -0.2) is 5.11 Å². The lowest BCUT2D eigenvalue weighted by atomic mass is 10.0. The molecule has 0 aliphatic carbocycles. The van der Waals surface area contributed by atoms with E-state index in [1.165, 1.54) is 5.56 Å². The number of rotatable bonds is 4. The Labute approximate surface area is 131 Å². The minimum Gasteiger partial charge on any atom is -0.507 e. The Morgan fingerprint density at radius 2 is 1.32 bits per heavy atom. The van der Waals surface area contributed by atoms with Crippen molar-refractivity contribution in [2.75, 3.05) is 5.32 Å². The van der Waals surface area contributed by atoms with Gasteiger partial charge in [-0.05, 0) is 24.6 Å². The molecule has 0 radical (unpaired) electrons. The summed E-state index contributed by atoms with van der Waals surface area (Å²) in [5, 5.41) is 13.7. The molecular weight excluding hydrogens is 270 g/mol. The first kappa shape index (κ1) is 14.2. The molecule has 3 aromatic carbocycles. The Balaban J connectivity index is 1.94. The first-order chi connectivity index (χ1) is 10.8. The maximum absolute atomic E-state index is 10.1. The first-order valence-corrected chi connectivity index (χ1v) is 7.44. The van der Waals surface area contributed by atoms with Gasteiger partial charge in [-0.2, -0.15) is 0 Å². The SMILES string of the molecule is C[C@H](Nc1ccccc1-c1ccccc1O)c1ccccc1. The van der Waals surface area contributed by atoms with Gasteiger partial charge in [0.15, 0.2) is 0 Å². The van der Waals surface area contributed by atoms with Crippen molar-refractivity contribution in [1.82, 2.24) is 0 Å². The topological polar surface area (TPSA) is 32.3 Å². The van der Waals surface area contributed by atoms with Crippen molar-refractivity contribution < 1.29 is 5.11 Å². The zero-order chi connectivity index (χ0) is 15.4. The molecule has 0 bridgehead atoms. The van der Waals surface area contributed by atoms with Crippen LogP contribution in [0.5, 0.6) is 5.75 Å². The third-order valence-corrected chi connectivity index (χ3v) is 3.79. The Hall–Kier alpha value is -2.74. The molecule has 0 fully saturated rings. The van der Waals surface area contributed by atoms with Crippen molar-refractivity contribution in [2.24, 2.45) is 0 Å². The monoisotopic (exact) mass is 289 g/mol. The maximum atomic E-state index is 10.1. The molecular formula is C20H19NO. The molecule has 2 heteroatoms. The number of benzene rings is 3. The first-order valence-electron chi connectivity index (χ1n) is 7.44. The summed E-state index contributed by atoms with van der Waals surface area (Å²) in [5.74, 6) is 0.295. The highest BCUT2D eigenvalue weighted by Crippen LogP contribution is 2.35. The molecule has 1 atom stereocenters. The summed E-state index contributed by atoms with van der Waals surface area (Å²) < 4.78 is 0. The molecule has 2 nitrogen and oxygen atoms in total. The highest BCUT2D eigenvalue weighted by atomic mass is 16.3. The van der Waals surface area contributed by atoms with Gasteiger partial charge in [0.2, 0.25) is 0 Å². The van der Waals surface area contributed by atoms with E-state index in [2.05, 4.69) is 24.4 Å². The van der Waals surface area contributed by atoms with E-state index >= 15 is 0 Å². The summed E-state index contributed by atoms with van der Waals surface area (Å²) >= 11 is 0. The number of anilines is 1. The molecule has 0 amide bonds. The molecule has 0 saturated heterocycles. The normalized spacial score (nSPS) is 11.9. The summed E-state index contributed by atoms with van der Waals surface area (Å²) in [5.41, 5.74) is 4.09. The standard InChI is InChI=1S/C20H19NO/c1-15(16-9-3-2-4-10-16)21-19-13-7-5-11-17(19)18-12-6-8-14-20(18)22/h2-15,21-22H,1H3/t15-/m0/s1. The molecule has 0 aliphatic rings. The highest BCUT2D eigenvalue weighted by Gasteiger charge is 2.11. The predicted octanol–water partition coefficient (Wildman–Crippen LogP) is 5.23. The lowest BCUT2D eigenvalue weighted by Gasteiger charge is -2.19. The second kappa shape index (κ2) is 6.35. The van der Waals surface area contributed by atoms with Gasteiger partial charge in [0.25, 0.3) is 0 Å². The van der Waals surface area contributed by atoms with Gasteiger partial charge >= 0.3 is 0 Å². The maximum Gasteiger partial charge on any atom is 0.123 e. The summed E-state index contributed by atoms with van der Waals surface area (Å²) in [6.07, 6.45) is 0. The number of nitrogens with one attached hydrogen (secondary N) is 1. The molecule has 0 saturated carbocycles. The van der Waals surface area contributed by atoms with E-state index in [-0.39, 0.29) is 6.04 Å². The highest BCUT2D eigenvalue weighted by molar-refractivity contribution is 5.81. The van der Waals surface area contributed by atoms with Crippen LogP contribution < -0.4 is 5.32 Å². The van der Waals surface area contributed by atoms with Gasteiger partial charge in [-0.3, -0.25) is 0 Å². The molecule has 0 aromatic heterocycles. The van der Waals surface area contributed by atoms with Gasteiger partial charge < -0.3 is 10.4 Å². The van der Waals surface area contributed by atoms with Crippen LogP contribution in [-0.2, 0) is 0 Å². The van der Waals surface area contributed by atoms with E-state index in [0.717, 1.165) is 16.8 Å². The zero-order valence-corrected chi connectivity index (χ0v) is 12.5. The molecule has 0 heterocycles. The molecule has 0 aliphatic heterocycles. The average Bonchev–Trinajstić information content (AvgIpc) is 2.57. The third-order valence-electron chi connectivity index (χ3n) is 3.79. The molecule has 22 heavy (non-hydrogen) atoms. The fourth-order valence-electron chi connectivity index (χ4n) is 2.60. The molecule has 3 rings (SSSR count). The van der Waals surface area contributed by atoms with Crippen molar-refractivity contribution >= 4 is 5.69 Å². The molecule has 3 aromatic rings. The minimum atomic E-state index is 0.188. The Morgan fingerprint density at radius 3 is 2.05 bits per heavy atom. The Morgan fingerprint density at radius 1 is 0.727 bits per heavy atom. The van der Waals surface area contributed by atoms with Gasteiger partial charge in [-0.1, -0.05) is 66.7 Å². The largest absolute Gasteiger partial charge is 0.507 e. The number of phenols is 1. The number of hydrogen-bond donors (Lipinski definition) is 2. The smallest absolute Gasteiger partial charge is 0.123 e. The average molecular weight is 289 g/mol. The van der Waals surface area contributed by atoms with E-state index in [1.807, 2.05) is 60.7 Å². The van der Waals surface area contributed by atoms with Crippen LogP contribution in [0.25, 0.3) is 11.1 Å². The van der Waals surface area contributed by atoms with Crippen molar-refractivity contribution in [1.29, 1.82) is 0 Å². The predicted molar refractivity (Wildman–Crippen MR) is 92.0 cm³/mol. The Bertz CT molecular complexity index is 752. The van der Waals surface area contributed by atoms with Crippen molar-refractivity contribution in [3.63, 3.8) is 0 Å². The van der Waals surface area contributed by atoms with Crippen LogP contribution in [0.15, 0.2) is 78.9 Å². The van der Waals surface area contributed by atoms with Crippen molar-refractivity contribution in [2.45, 2.75) is 13.0 Å². The zero-order valence-electron chi connectivity index (χ0n) is 12.5. The van der Waals surface area contributed by atoms with E-state index in [9.17, 15) is 5.11 Å². The molecule has 110 valence electrons. The lowest BCUT2D eigenvalue weighted by Crippen LogP contribution is -2.07. The summed E-state index contributed by atoms with van der Waals surface area (Å²) in [6, 6.07) is 26.0. The third kappa shape index (κ3) is 2.96. The Kier molecular flexibility index (Phi) is 4.10. The van der Waals surface area contributed by atoms with Gasteiger partial charge in [-0.25, -0.2) is 0 Å². The van der Waals surface area contributed by atoms with E-state index in [0.29, 0.717) is 5.75 Å². The van der Waals surface area contributed by atoms with E-state index in [4.69, 9.17) is 0 Å². The molecule has 0 unspecified atom stereocenters. The van der Waals surface area contributed by atoms with Crippen LogP contribution in [0, 0.1) is 0 Å². The van der Waals surface area contributed by atoms with E-state index < -0.39 is 0 Å². The lowest BCUT2D eigenvalue weighted by molar-refractivity contribution is 0.477. The number of phenolic OH excluding ortho intramolecular Hbond substituents is 1. The van der Waals surface area contributed by atoms with Gasteiger partial charge in [0.1, 0.15) is 5.75 Å². The van der Waals surface area contributed by atoms with E-state index in [1.54, 1.807) is 6.07 Å². The van der Waals surface area contributed by atoms with Crippen LogP contribution in [0.4, 0.5) is 5.69 Å². The summed E-state index contributed by atoms with van der Waals surface area (Å²) in [6.45, 7) is 2.14. The molecule has 0 spiro atoms. The van der Waals surface area contributed by atoms with Gasteiger partial charge in [0, 0.05) is 22.9 Å². The summed E-state index contributed by atoms with van der Waals surface area (Å²) in [4.78, 5) is 0. The van der Waals surface area contributed by atoms with Crippen molar-refractivity contribution in [3.05, 3.63) is 84.4 Å². The summed E-state index contributed by atoms with van der Waals surface area (Å²) in [7, 11) is 0. The minimum absolute atomic E-state index is 0.188. The van der Waals surface area contributed by atoms with Crippen LogP contribution in [0.2, 0.25) is 0 Å². The van der Waals surface area contributed by atoms with Crippen LogP contribution >= 0.6 is 0 Å². The fraction of sp³-hybridized carbons (Fsp3) is 0.100. The number of para-hydroxylation sites is 2. The molecule has 2 N–H and O–H groups in total. The quantitative estimate of drug-likeness (QED) is 0.689. The van der Waals surface area contributed by atoms with Crippen LogP contribution in [0.1, 0.15) is 18.5 Å². The second-order valence-corrected chi connectivity index (χ2v) is 5.34. The van der Waals surface area contributed by atoms with Gasteiger partial charge in [0.05, 0.1) is 0 Å². The van der Waals surface area contributed by atoms with Gasteiger partial charge in [-0.15, -0.1) is 0 Å². The second-order valence-electron chi connectivity index (χ2n) is 5.34. The van der Waals surface area contributed by atoms with Crippen LogP contribution in [0.3, 0.4) is 0 Å².